The van der Waals surface area contributed by atoms with Crippen molar-refractivity contribution in [2.75, 3.05) is 12.4 Å². The summed E-state index contributed by atoms with van der Waals surface area (Å²) in [6.45, 7) is 0. The van der Waals surface area contributed by atoms with Gasteiger partial charge in [0.25, 0.3) is 0 Å². The molecule has 3 nitrogen and oxygen atoms in total. The number of methoxy groups -OCH3 is 1. The van der Waals surface area contributed by atoms with Gasteiger partial charge in [0.05, 0.1) is 12.8 Å². The largest absolute Gasteiger partial charge is 0.496 e. The first kappa shape index (κ1) is 13.1. The molecule has 3 rings (SSSR count). The van der Waals surface area contributed by atoms with E-state index in [-0.39, 0.29) is 11.2 Å². The van der Waals surface area contributed by atoms with E-state index in [1.165, 1.54) is 0 Å². The zero-order valence-electron chi connectivity index (χ0n) is 11.1. The number of para-hydroxylation sites is 2. The molecule has 2 aromatic rings. The predicted octanol–water partition coefficient (Wildman–Crippen LogP) is 3.87. The summed E-state index contributed by atoms with van der Waals surface area (Å²) in [5.74, 6) is 0.871. The Bertz CT molecular complexity index is 642. The standard InChI is InChI=1S/C16H15NO2S/c1-19-13-8-4-2-6-11(13)15-10-16(18)17-12-7-3-5-9-14(12)20-15/h2-9,15H,10H2,1H3,(H,17,18)/t15-/m0/s1. The van der Waals surface area contributed by atoms with Crippen molar-refractivity contribution < 1.29 is 9.53 Å². The van der Waals surface area contributed by atoms with Crippen LogP contribution in [0.5, 0.6) is 5.75 Å². The molecule has 1 aliphatic heterocycles. The minimum absolute atomic E-state index is 0.0401. The molecular formula is C16H15NO2S. The Kier molecular flexibility index (Phi) is 3.65. The van der Waals surface area contributed by atoms with Crippen LogP contribution in [0.2, 0.25) is 0 Å². The van der Waals surface area contributed by atoms with Gasteiger partial charge in [-0.3, -0.25) is 4.79 Å². The van der Waals surface area contributed by atoms with Crippen molar-refractivity contribution in [2.24, 2.45) is 0 Å². The molecule has 0 bridgehead atoms. The van der Waals surface area contributed by atoms with Gasteiger partial charge in [0, 0.05) is 22.1 Å². The van der Waals surface area contributed by atoms with E-state index in [0.29, 0.717) is 6.42 Å². The first-order chi connectivity index (χ1) is 9.78. The first-order valence-corrected chi connectivity index (χ1v) is 7.34. The van der Waals surface area contributed by atoms with Crippen LogP contribution in [0.1, 0.15) is 17.2 Å². The maximum Gasteiger partial charge on any atom is 0.225 e. The molecule has 2 aromatic carbocycles. The average Bonchev–Trinajstić information content (AvgIpc) is 2.65. The van der Waals surface area contributed by atoms with Crippen molar-refractivity contribution in [3.8, 4) is 5.75 Å². The molecule has 0 saturated heterocycles. The maximum absolute atomic E-state index is 12.1. The highest BCUT2D eigenvalue weighted by atomic mass is 32.2. The summed E-state index contributed by atoms with van der Waals surface area (Å²) < 4.78 is 5.42. The van der Waals surface area contributed by atoms with Crippen LogP contribution in [0.3, 0.4) is 0 Å². The molecule has 0 saturated carbocycles. The normalized spacial score (nSPS) is 17.9. The Hall–Kier alpha value is -1.94. The lowest BCUT2D eigenvalue weighted by Crippen LogP contribution is -2.12. The summed E-state index contributed by atoms with van der Waals surface area (Å²) in [4.78, 5) is 13.2. The number of anilines is 1. The Labute approximate surface area is 122 Å². The Morgan fingerprint density at radius 3 is 2.75 bits per heavy atom. The molecule has 1 heterocycles. The molecular weight excluding hydrogens is 270 g/mol. The van der Waals surface area contributed by atoms with E-state index < -0.39 is 0 Å². The second-order valence-corrected chi connectivity index (χ2v) is 5.84. The van der Waals surface area contributed by atoms with Crippen molar-refractivity contribution in [1.29, 1.82) is 0 Å². The van der Waals surface area contributed by atoms with Gasteiger partial charge in [-0.2, -0.15) is 0 Å². The van der Waals surface area contributed by atoms with Gasteiger partial charge in [-0.1, -0.05) is 30.3 Å². The van der Waals surface area contributed by atoms with Crippen LogP contribution in [0, 0.1) is 0 Å². The molecule has 0 radical (unpaired) electrons. The third-order valence-electron chi connectivity index (χ3n) is 3.29. The fourth-order valence-electron chi connectivity index (χ4n) is 2.34. The van der Waals surface area contributed by atoms with Crippen LogP contribution in [-0.4, -0.2) is 13.0 Å². The predicted molar refractivity (Wildman–Crippen MR) is 81.3 cm³/mol. The SMILES string of the molecule is COc1ccccc1[C@@H]1CC(=O)Nc2ccccc2S1. The minimum Gasteiger partial charge on any atom is -0.496 e. The van der Waals surface area contributed by atoms with Crippen molar-refractivity contribution in [1.82, 2.24) is 0 Å². The van der Waals surface area contributed by atoms with Gasteiger partial charge >= 0.3 is 0 Å². The lowest BCUT2D eigenvalue weighted by atomic mass is 10.1. The second kappa shape index (κ2) is 5.59. The molecule has 1 amide bonds. The molecule has 0 aromatic heterocycles. The molecule has 102 valence electrons. The summed E-state index contributed by atoms with van der Waals surface area (Å²) >= 11 is 1.70. The molecule has 0 unspecified atom stereocenters. The molecule has 1 aliphatic rings. The van der Waals surface area contributed by atoms with Gasteiger partial charge in [0.15, 0.2) is 0 Å². The van der Waals surface area contributed by atoms with E-state index in [0.717, 1.165) is 21.9 Å². The van der Waals surface area contributed by atoms with Gasteiger partial charge in [-0.05, 0) is 18.2 Å². The van der Waals surface area contributed by atoms with Crippen LogP contribution >= 0.6 is 11.8 Å². The maximum atomic E-state index is 12.1. The van der Waals surface area contributed by atoms with Gasteiger partial charge in [-0.15, -0.1) is 11.8 Å². The lowest BCUT2D eigenvalue weighted by Gasteiger charge is -2.16. The van der Waals surface area contributed by atoms with Crippen LogP contribution in [0.25, 0.3) is 0 Å². The number of fused-ring (bicyclic) bond motifs is 1. The van der Waals surface area contributed by atoms with Crippen molar-refractivity contribution in [2.45, 2.75) is 16.6 Å². The van der Waals surface area contributed by atoms with Crippen molar-refractivity contribution in [3.63, 3.8) is 0 Å². The van der Waals surface area contributed by atoms with Crippen molar-refractivity contribution in [3.05, 3.63) is 54.1 Å². The Balaban J connectivity index is 2.00. The molecule has 1 N–H and O–H groups in total. The summed E-state index contributed by atoms with van der Waals surface area (Å²) in [5, 5.41) is 3.02. The summed E-state index contributed by atoms with van der Waals surface area (Å²) in [7, 11) is 1.66. The van der Waals surface area contributed by atoms with E-state index >= 15 is 0 Å². The Morgan fingerprint density at radius 1 is 1.15 bits per heavy atom. The lowest BCUT2D eigenvalue weighted by molar-refractivity contribution is -0.116. The van der Waals surface area contributed by atoms with Crippen LogP contribution in [-0.2, 0) is 4.79 Å². The topological polar surface area (TPSA) is 38.3 Å². The number of carbonyl (C=O) groups excluding carboxylic acids is 1. The molecule has 0 fully saturated rings. The number of nitrogens with one attached hydrogen (secondary N) is 1. The minimum atomic E-state index is 0.0401. The smallest absolute Gasteiger partial charge is 0.225 e. The number of amides is 1. The number of hydrogen-bond acceptors (Lipinski definition) is 3. The molecule has 20 heavy (non-hydrogen) atoms. The van der Waals surface area contributed by atoms with E-state index in [1.54, 1.807) is 18.9 Å². The average molecular weight is 285 g/mol. The third kappa shape index (κ3) is 2.51. The van der Waals surface area contributed by atoms with E-state index in [9.17, 15) is 4.79 Å². The first-order valence-electron chi connectivity index (χ1n) is 6.46. The number of thioether (sulfide) groups is 1. The highest BCUT2D eigenvalue weighted by Gasteiger charge is 2.25. The van der Waals surface area contributed by atoms with Gasteiger partial charge in [-0.25, -0.2) is 0 Å². The quantitative estimate of drug-likeness (QED) is 0.910. The van der Waals surface area contributed by atoms with E-state index in [2.05, 4.69) is 5.32 Å². The van der Waals surface area contributed by atoms with Crippen molar-refractivity contribution >= 4 is 23.4 Å². The molecule has 0 spiro atoms. The highest BCUT2D eigenvalue weighted by Crippen LogP contribution is 2.45. The van der Waals surface area contributed by atoms with Crippen LogP contribution in [0.4, 0.5) is 5.69 Å². The highest BCUT2D eigenvalue weighted by molar-refractivity contribution is 7.99. The summed E-state index contributed by atoms with van der Waals surface area (Å²) in [6.07, 6.45) is 0.444. The zero-order valence-corrected chi connectivity index (χ0v) is 11.9. The fourth-order valence-corrected chi connectivity index (χ4v) is 3.61. The third-order valence-corrected chi connectivity index (χ3v) is 4.60. The van der Waals surface area contributed by atoms with E-state index in [1.807, 2.05) is 48.5 Å². The number of hydrogen-bond donors (Lipinski definition) is 1. The number of carbonyl (C=O) groups is 1. The Morgan fingerprint density at radius 2 is 1.90 bits per heavy atom. The van der Waals surface area contributed by atoms with Gasteiger partial charge in [0.2, 0.25) is 5.91 Å². The molecule has 0 aliphatic carbocycles. The summed E-state index contributed by atoms with van der Waals surface area (Å²) in [6, 6.07) is 15.8. The van der Waals surface area contributed by atoms with Gasteiger partial charge < -0.3 is 10.1 Å². The second-order valence-electron chi connectivity index (χ2n) is 4.60. The van der Waals surface area contributed by atoms with Crippen LogP contribution < -0.4 is 10.1 Å². The molecule has 4 heteroatoms. The zero-order chi connectivity index (χ0) is 13.9. The fraction of sp³-hybridized carbons (Fsp3) is 0.188. The monoisotopic (exact) mass is 285 g/mol. The number of rotatable bonds is 2. The van der Waals surface area contributed by atoms with Gasteiger partial charge in [0.1, 0.15) is 5.75 Å². The summed E-state index contributed by atoms with van der Waals surface area (Å²) in [5.41, 5.74) is 1.95. The number of ether oxygens (including phenoxy) is 1. The van der Waals surface area contributed by atoms with E-state index in [4.69, 9.17) is 4.74 Å². The number of benzene rings is 2. The van der Waals surface area contributed by atoms with Crippen LogP contribution in [0.15, 0.2) is 53.4 Å². The molecule has 1 atom stereocenters.